The molecule has 0 aromatic heterocycles. The molecule has 3 amide bonds. The molecule has 1 aliphatic heterocycles. The van der Waals surface area contributed by atoms with Crippen LogP contribution in [0.4, 0.5) is 5.69 Å². The maximum absolute atomic E-state index is 12.6. The van der Waals surface area contributed by atoms with Crippen LogP contribution >= 0.6 is 11.6 Å². The Morgan fingerprint density at radius 1 is 1.18 bits per heavy atom. The number of rotatable bonds is 5. The third-order valence-corrected chi connectivity index (χ3v) is 6.62. The molecule has 0 radical (unpaired) electrons. The molecule has 1 heterocycles. The first kappa shape index (κ1) is 18.9. The SMILES string of the molecule is Cc1c(Cl)cccc1NC(=O)COC(=O)CN1C(=O)[C@H]2[C@H]3CC[C@@H](C3)[C@@H]2C1=O. The summed E-state index contributed by atoms with van der Waals surface area (Å²) < 4.78 is 4.97. The number of amides is 3. The summed E-state index contributed by atoms with van der Waals surface area (Å²) in [5.41, 5.74) is 1.24. The van der Waals surface area contributed by atoms with Crippen LogP contribution in [0.2, 0.25) is 5.02 Å². The van der Waals surface area contributed by atoms with Crippen molar-refractivity contribution in [1.82, 2.24) is 4.90 Å². The van der Waals surface area contributed by atoms with Gasteiger partial charge in [0.25, 0.3) is 5.91 Å². The number of halogens is 1. The van der Waals surface area contributed by atoms with E-state index in [0.29, 0.717) is 16.3 Å². The summed E-state index contributed by atoms with van der Waals surface area (Å²) >= 11 is 6.01. The number of nitrogens with one attached hydrogen (secondary N) is 1. The van der Waals surface area contributed by atoms with Crippen LogP contribution in [-0.4, -0.2) is 41.7 Å². The van der Waals surface area contributed by atoms with Crippen LogP contribution in [0.5, 0.6) is 0 Å². The van der Waals surface area contributed by atoms with Crippen molar-refractivity contribution < 1.29 is 23.9 Å². The second kappa shape index (κ2) is 7.20. The Hall–Kier alpha value is -2.41. The van der Waals surface area contributed by atoms with Crippen molar-refractivity contribution in [2.24, 2.45) is 23.7 Å². The molecular formula is C20H21ClN2O5. The van der Waals surface area contributed by atoms with Crippen molar-refractivity contribution >= 4 is 41.0 Å². The molecule has 1 aromatic rings. The average Bonchev–Trinajstić information content (AvgIpc) is 3.34. The molecule has 2 aliphatic carbocycles. The number of imide groups is 1. The lowest BCUT2D eigenvalue weighted by Gasteiger charge is -2.19. The van der Waals surface area contributed by atoms with Crippen LogP contribution in [-0.2, 0) is 23.9 Å². The van der Waals surface area contributed by atoms with Gasteiger partial charge in [0.2, 0.25) is 11.8 Å². The number of anilines is 1. The predicted molar refractivity (Wildman–Crippen MR) is 100 cm³/mol. The number of fused-ring (bicyclic) bond motifs is 5. The topological polar surface area (TPSA) is 92.8 Å². The molecule has 1 aromatic carbocycles. The summed E-state index contributed by atoms with van der Waals surface area (Å²) in [5, 5.41) is 3.14. The van der Waals surface area contributed by atoms with Gasteiger partial charge in [0.1, 0.15) is 6.54 Å². The van der Waals surface area contributed by atoms with Gasteiger partial charge in [-0.25, -0.2) is 0 Å². The first-order valence-electron chi connectivity index (χ1n) is 9.42. The number of carbonyl (C=O) groups excluding carboxylic acids is 4. The van der Waals surface area contributed by atoms with E-state index in [9.17, 15) is 19.2 Å². The van der Waals surface area contributed by atoms with Gasteiger partial charge in [0.05, 0.1) is 11.8 Å². The van der Waals surface area contributed by atoms with Crippen molar-refractivity contribution in [2.75, 3.05) is 18.5 Å². The van der Waals surface area contributed by atoms with Crippen LogP contribution in [0, 0.1) is 30.6 Å². The molecule has 3 aliphatic rings. The molecule has 2 saturated carbocycles. The van der Waals surface area contributed by atoms with Crippen LogP contribution in [0.3, 0.4) is 0 Å². The number of carbonyl (C=O) groups is 4. The number of ether oxygens (including phenoxy) is 1. The Morgan fingerprint density at radius 3 is 2.46 bits per heavy atom. The monoisotopic (exact) mass is 404 g/mol. The largest absolute Gasteiger partial charge is 0.454 e. The third-order valence-electron chi connectivity index (χ3n) is 6.21. The quantitative estimate of drug-likeness (QED) is 0.599. The molecule has 1 N–H and O–H groups in total. The second-order valence-electron chi connectivity index (χ2n) is 7.77. The van der Waals surface area contributed by atoms with Gasteiger partial charge in [-0.15, -0.1) is 0 Å². The summed E-state index contributed by atoms with van der Waals surface area (Å²) in [5.74, 6) is -1.84. The Kier molecular flexibility index (Phi) is 4.87. The van der Waals surface area contributed by atoms with E-state index in [1.165, 1.54) is 0 Å². The first-order valence-corrected chi connectivity index (χ1v) is 9.80. The van der Waals surface area contributed by atoms with E-state index in [1.807, 2.05) is 0 Å². The molecule has 2 bridgehead atoms. The van der Waals surface area contributed by atoms with E-state index in [2.05, 4.69) is 5.32 Å². The van der Waals surface area contributed by atoms with Crippen molar-refractivity contribution in [2.45, 2.75) is 26.2 Å². The molecule has 0 unspecified atom stereocenters. The lowest BCUT2D eigenvalue weighted by Crippen LogP contribution is -2.38. The predicted octanol–water partition coefficient (Wildman–Crippen LogP) is 2.16. The molecule has 3 fully saturated rings. The summed E-state index contributed by atoms with van der Waals surface area (Å²) in [6.45, 7) is 0.825. The summed E-state index contributed by atoms with van der Waals surface area (Å²) in [6.07, 6.45) is 2.90. The molecule has 8 heteroatoms. The zero-order chi connectivity index (χ0) is 20.0. The van der Waals surface area contributed by atoms with Gasteiger partial charge in [0.15, 0.2) is 6.61 Å². The van der Waals surface area contributed by atoms with Crippen LogP contribution in [0.1, 0.15) is 24.8 Å². The summed E-state index contributed by atoms with van der Waals surface area (Å²) in [7, 11) is 0. The minimum Gasteiger partial charge on any atom is -0.454 e. The van der Waals surface area contributed by atoms with Crippen molar-refractivity contribution in [1.29, 1.82) is 0 Å². The van der Waals surface area contributed by atoms with Gasteiger partial charge in [-0.3, -0.25) is 24.1 Å². The number of esters is 1. The number of benzene rings is 1. The van der Waals surface area contributed by atoms with Gasteiger partial charge >= 0.3 is 5.97 Å². The van der Waals surface area contributed by atoms with E-state index in [-0.39, 0.29) is 35.5 Å². The van der Waals surface area contributed by atoms with Gasteiger partial charge in [-0.1, -0.05) is 17.7 Å². The lowest BCUT2D eigenvalue weighted by atomic mass is 9.81. The molecular weight excluding hydrogens is 384 g/mol. The average molecular weight is 405 g/mol. The minimum absolute atomic E-state index is 0.263. The van der Waals surface area contributed by atoms with Crippen molar-refractivity contribution in [3.63, 3.8) is 0 Å². The molecule has 7 nitrogen and oxygen atoms in total. The Bertz CT molecular complexity index is 842. The Labute approximate surface area is 167 Å². The molecule has 148 valence electrons. The maximum atomic E-state index is 12.6. The van der Waals surface area contributed by atoms with E-state index >= 15 is 0 Å². The van der Waals surface area contributed by atoms with E-state index in [1.54, 1.807) is 25.1 Å². The molecule has 0 spiro atoms. The van der Waals surface area contributed by atoms with Crippen LogP contribution in [0.15, 0.2) is 18.2 Å². The fourth-order valence-electron chi connectivity index (χ4n) is 4.88. The Morgan fingerprint density at radius 2 is 1.82 bits per heavy atom. The number of likely N-dealkylation sites (tertiary alicyclic amines) is 1. The van der Waals surface area contributed by atoms with Crippen LogP contribution in [0.25, 0.3) is 0 Å². The Balaban J connectivity index is 1.30. The summed E-state index contributed by atoms with van der Waals surface area (Å²) in [4.78, 5) is 50.3. The highest BCUT2D eigenvalue weighted by atomic mass is 35.5. The number of hydrogen-bond acceptors (Lipinski definition) is 5. The lowest BCUT2D eigenvalue weighted by molar-refractivity contribution is -0.154. The zero-order valence-corrected chi connectivity index (χ0v) is 16.2. The fraction of sp³-hybridized carbons (Fsp3) is 0.500. The highest BCUT2D eigenvalue weighted by Gasteiger charge is 2.61. The molecule has 4 atom stereocenters. The third kappa shape index (κ3) is 3.17. The number of nitrogens with zero attached hydrogens (tertiary/aromatic N) is 1. The van der Waals surface area contributed by atoms with Crippen molar-refractivity contribution in [3.8, 4) is 0 Å². The maximum Gasteiger partial charge on any atom is 0.326 e. The second-order valence-corrected chi connectivity index (χ2v) is 8.18. The zero-order valence-electron chi connectivity index (χ0n) is 15.4. The molecule has 1 saturated heterocycles. The van der Waals surface area contributed by atoms with Crippen LogP contribution < -0.4 is 5.32 Å². The highest BCUT2D eigenvalue weighted by Crippen LogP contribution is 2.56. The fourth-order valence-corrected chi connectivity index (χ4v) is 5.05. The van der Waals surface area contributed by atoms with Gasteiger partial charge < -0.3 is 10.1 Å². The normalized spacial score (nSPS) is 27.9. The molecule has 4 rings (SSSR count). The number of hydrogen-bond donors (Lipinski definition) is 1. The van der Waals surface area contributed by atoms with Gasteiger partial charge in [-0.05, 0) is 55.7 Å². The first-order chi connectivity index (χ1) is 13.4. The highest BCUT2D eigenvalue weighted by molar-refractivity contribution is 6.31. The smallest absolute Gasteiger partial charge is 0.326 e. The van der Waals surface area contributed by atoms with Gasteiger partial charge in [-0.2, -0.15) is 0 Å². The summed E-state index contributed by atoms with van der Waals surface area (Å²) in [6, 6.07) is 5.10. The van der Waals surface area contributed by atoms with Gasteiger partial charge in [0, 0.05) is 10.7 Å². The van der Waals surface area contributed by atoms with Crippen molar-refractivity contribution in [3.05, 3.63) is 28.8 Å². The minimum atomic E-state index is -0.771. The molecule has 28 heavy (non-hydrogen) atoms. The van der Waals surface area contributed by atoms with E-state index in [4.69, 9.17) is 16.3 Å². The van der Waals surface area contributed by atoms with E-state index in [0.717, 1.165) is 24.2 Å². The van der Waals surface area contributed by atoms with E-state index < -0.39 is 25.0 Å². The standard InChI is InChI=1S/C20H21ClN2O5/c1-10-13(21)3-2-4-14(10)22-15(24)9-28-16(25)8-23-19(26)17-11-5-6-12(7-11)18(17)20(23)27/h2-4,11-12,17-18H,5-9H2,1H3,(H,22,24)/t11-,12-,17-,18-/m0/s1.